The van der Waals surface area contributed by atoms with Crippen molar-refractivity contribution in [2.75, 3.05) is 11.9 Å². The molecule has 0 spiro atoms. The van der Waals surface area contributed by atoms with Gasteiger partial charge in [0.2, 0.25) is 5.91 Å². The summed E-state index contributed by atoms with van der Waals surface area (Å²) < 4.78 is 0. The average molecular weight is 272 g/mol. The minimum absolute atomic E-state index is 0.0816. The molecule has 1 aromatic heterocycles. The van der Waals surface area contributed by atoms with E-state index in [1.807, 2.05) is 30.3 Å². The number of hydrogen-bond donors (Lipinski definition) is 1. The van der Waals surface area contributed by atoms with E-state index in [1.54, 1.807) is 12.1 Å². The second-order valence-electron chi connectivity index (χ2n) is 4.11. The number of carbonyl (C=O) groups is 1. The van der Waals surface area contributed by atoms with Crippen LogP contribution >= 0.6 is 11.6 Å². The van der Waals surface area contributed by atoms with Crippen LogP contribution in [0.25, 0.3) is 0 Å². The van der Waals surface area contributed by atoms with Crippen LogP contribution < -0.4 is 5.32 Å². The molecule has 0 saturated heterocycles. The average Bonchev–Trinajstić information content (AvgIpc) is 2.58. The van der Waals surface area contributed by atoms with Crippen molar-refractivity contribution in [2.45, 2.75) is 0 Å². The van der Waals surface area contributed by atoms with Gasteiger partial charge in [0.1, 0.15) is 17.4 Å². The fourth-order valence-electron chi connectivity index (χ4n) is 1.96. The summed E-state index contributed by atoms with van der Waals surface area (Å²) >= 11 is 5.94. The third-order valence-electron chi connectivity index (χ3n) is 2.79. The van der Waals surface area contributed by atoms with Gasteiger partial charge in [0.25, 0.3) is 0 Å². The first-order valence-electron chi connectivity index (χ1n) is 5.81. The number of carbonyl (C=O) groups excluding carboxylic acids is 1. The maximum absolute atomic E-state index is 11.6. The Morgan fingerprint density at radius 2 is 1.89 bits per heavy atom. The first-order valence-corrected chi connectivity index (χ1v) is 6.18. The predicted molar refractivity (Wildman–Crippen MR) is 74.8 cm³/mol. The monoisotopic (exact) mass is 271 g/mol. The lowest BCUT2D eigenvalue weighted by Crippen LogP contribution is -2.13. The van der Waals surface area contributed by atoms with Gasteiger partial charge in [-0.15, -0.1) is 0 Å². The van der Waals surface area contributed by atoms with E-state index < -0.39 is 0 Å². The van der Waals surface area contributed by atoms with Crippen LogP contribution in [0.4, 0.5) is 5.69 Å². The Morgan fingerprint density at radius 1 is 1.11 bits per heavy atom. The molecule has 1 aliphatic heterocycles. The van der Waals surface area contributed by atoms with Gasteiger partial charge in [0.15, 0.2) is 0 Å². The molecule has 0 unspecified atom stereocenters. The maximum Gasteiger partial charge on any atom is 0.246 e. The molecule has 0 saturated carbocycles. The largest absolute Gasteiger partial charge is 0.323 e. The Labute approximate surface area is 115 Å². The van der Waals surface area contributed by atoms with Crippen molar-refractivity contribution in [3.8, 4) is 0 Å². The van der Waals surface area contributed by atoms with Crippen molar-refractivity contribution >= 4 is 28.9 Å². The van der Waals surface area contributed by atoms with E-state index in [2.05, 4.69) is 15.3 Å². The number of fused-ring (bicyclic) bond motifs is 1. The van der Waals surface area contributed by atoms with E-state index in [1.165, 1.54) is 0 Å². The van der Waals surface area contributed by atoms with Crippen molar-refractivity contribution in [1.82, 2.24) is 4.98 Å². The quantitative estimate of drug-likeness (QED) is 0.811. The van der Waals surface area contributed by atoms with Crippen LogP contribution in [0.3, 0.4) is 0 Å². The zero-order valence-corrected chi connectivity index (χ0v) is 10.7. The van der Waals surface area contributed by atoms with Crippen LogP contribution in [-0.4, -0.2) is 23.1 Å². The lowest BCUT2D eigenvalue weighted by Gasteiger charge is -2.09. The molecular weight excluding hydrogens is 262 g/mol. The molecule has 4 nitrogen and oxygen atoms in total. The van der Waals surface area contributed by atoms with Gasteiger partial charge in [-0.2, -0.15) is 0 Å². The van der Waals surface area contributed by atoms with Gasteiger partial charge in [-0.3, -0.25) is 9.79 Å². The Hall–Kier alpha value is -2.20. The zero-order chi connectivity index (χ0) is 13.2. The van der Waals surface area contributed by atoms with E-state index in [9.17, 15) is 4.79 Å². The predicted octanol–water partition coefficient (Wildman–Crippen LogP) is 2.52. The number of aromatic nitrogens is 1. The molecule has 2 heterocycles. The molecule has 0 aliphatic carbocycles. The van der Waals surface area contributed by atoms with E-state index in [-0.39, 0.29) is 12.5 Å². The molecule has 1 N–H and O–H groups in total. The number of amides is 1. The van der Waals surface area contributed by atoms with E-state index in [4.69, 9.17) is 11.6 Å². The molecule has 2 aromatic rings. The third-order valence-corrected chi connectivity index (χ3v) is 3.00. The normalized spacial score (nSPS) is 14.2. The number of rotatable bonds is 1. The van der Waals surface area contributed by atoms with E-state index in [0.717, 1.165) is 5.56 Å². The summed E-state index contributed by atoms with van der Waals surface area (Å²) in [6.07, 6.45) is 0. The van der Waals surface area contributed by atoms with Crippen molar-refractivity contribution in [1.29, 1.82) is 0 Å². The molecule has 0 radical (unpaired) electrons. The second-order valence-corrected chi connectivity index (χ2v) is 4.50. The number of nitrogens with zero attached hydrogens (tertiary/aromatic N) is 2. The Balaban J connectivity index is 2.20. The molecule has 0 fully saturated rings. The van der Waals surface area contributed by atoms with Crippen LogP contribution in [0.2, 0.25) is 5.15 Å². The molecule has 94 valence electrons. The van der Waals surface area contributed by atoms with Crippen molar-refractivity contribution in [3.63, 3.8) is 0 Å². The number of halogens is 1. The van der Waals surface area contributed by atoms with Gasteiger partial charge in [0, 0.05) is 5.56 Å². The Kier molecular flexibility index (Phi) is 3.01. The minimum Gasteiger partial charge on any atom is -0.323 e. The Bertz CT molecular complexity index is 668. The minimum atomic E-state index is -0.156. The molecule has 3 rings (SSSR count). The van der Waals surface area contributed by atoms with E-state index >= 15 is 0 Å². The highest BCUT2D eigenvalue weighted by molar-refractivity contribution is 6.30. The highest BCUT2D eigenvalue weighted by atomic mass is 35.5. The molecule has 19 heavy (non-hydrogen) atoms. The van der Waals surface area contributed by atoms with E-state index in [0.29, 0.717) is 22.2 Å². The fourth-order valence-corrected chi connectivity index (χ4v) is 2.10. The summed E-state index contributed by atoms with van der Waals surface area (Å²) in [6.45, 7) is 0.0816. The van der Waals surface area contributed by atoms with Gasteiger partial charge in [-0.1, -0.05) is 41.9 Å². The highest BCUT2D eigenvalue weighted by Gasteiger charge is 2.19. The standard InChI is InChI=1S/C14H10ClN3O/c15-11-7-6-10-14(18-11)13(16-8-12(19)17-10)9-4-2-1-3-5-9/h1-7H,8H2,(H,17,19). The maximum atomic E-state index is 11.6. The molecule has 1 amide bonds. The van der Waals surface area contributed by atoms with Crippen molar-refractivity contribution in [3.05, 3.63) is 58.9 Å². The number of anilines is 1. The number of hydrogen-bond acceptors (Lipinski definition) is 3. The first-order chi connectivity index (χ1) is 9.24. The van der Waals surface area contributed by atoms with Crippen molar-refractivity contribution < 1.29 is 4.79 Å². The van der Waals surface area contributed by atoms with Crippen LogP contribution in [0, 0.1) is 0 Å². The smallest absolute Gasteiger partial charge is 0.246 e. The summed E-state index contributed by atoms with van der Waals surface area (Å²) in [5, 5.41) is 3.15. The highest BCUT2D eigenvalue weighted by Crippen LogP contribution is 2.22. The number of benzene rings is 1. The lowest BCUT2D eigenvalue weighted by molar-refractivity contribution is -0.114. The van der Waals surface area contributed by atoms with Crippen LogP contribution in [0.5, 0.6) is 0 Å². The van der Waals surface area contributed by atoms with Crippen LogP contribution in [-0.2, 0) is 4.79 Å². The number of nitrogens with one attached hydrogen (secondary N) is 1. The first kappa shape index (κ1) is 11.9. The molecule has 0 bridgehead atoms. The fraction of sp³-hybridized carbons (Fsp3) is 0.0714. The molecule has 0 atom stereocenters. The van der Waals surface area contributed by atoms with Gasteiger partial charge in [-0.05, 0) is 12.1 Å². The molecule has 1 aromatic carbocycles. The summed E-state index contributed by atoms with van der Waals surface area (Å²) in [5.41, 5.74) is 2.82. The Morgan fingerprint density at radius 3 is 2.68 bits per heavy atom. The number of aliphatic imine (C=N–C) groups is 1. The third kappa shape index (κ3) is 2.35. The summed E-state index contributed by atoms with van der Waals surface area (Å²) in [6, 6.07) is 13.0. The molecule has 5 heteroatoms. The number of pyridine rings is 1. The summed E-state index contributed by atoms with van der Waals surface area (Å²) in [5.74, 6) is -0.156. The van der Waals surface area contributed by atoms with Gasteiger partial charge >= 0.3 is 0 Å². The van der Waals surface area contributed by atoms with Gasteiger partial charge in [-0.25, -0.2) is 4.98 Å². The topological polar surface area (TPSA) is 54.4 Å². The van der Waals surface area contributed by atoms with Crippen molar-refractivity contribution in [2.24, 2.45) is 4.99 Å². The summed E-state index contributed by atoms with van der Waals surface area (Å²) in [4.78, 5) is 20.3. The lowest BCUT2D eigenvalue weighted by atomic mass is 10.1. The second kappa shape index (κ2) is 4.82. The van der Waals surface area contributed by atoms with Crippen LogP contribution in [0.15, 0.2) is 47.5 Å². The SMILES string of the molecule is O=C1CN=C(c2ccccc2)c2nc(Cl)ccc2N1. The van der Waals surface area contributed by atoms with Gasteiger partial charge < -0.3 is 5.32 Å². The molecule has 1 aliphatic rings. The zero-order valence-electron chi connectivity index (χ0n) is 9.93. The van der Waals surface area contributed by atoms with Gasteiger partial charge in [0.05, 0.1) is 11.4 Å². The summed E-state index contributed by atoms with van der Waals surface area (Å²) in [7, 11) is 0. The van der Waals surface area contributed by atoms with Crippen LogP contribution in [0.1, 0.15) is 11.3 Å². The molecular formula is C14H10ClN3O.